The molecule has 0 aromatic heterocycles. The zero-order chi connectivity index (χ0) is 9.26. The summed E-state index contributed by atoms with van der Waals surface area (Å²) in [7, 11) is 0. The van der Waals surface area contributed by atoms with Gasteiger partial charge in [0, 0.05) is 6.54 Å². The van der Waals surface area contributed by atoms with Crippen LogP contribution in [0.25, 0.3) is 0 Å². The molecule has 1 heterocycles. The third-order valence-electron chi connectivity index (χ3n) is 2.37. The number of hydrogen-bond donors (Lipinski definition) is 1. The molecule has 1 aliphatic rings. The second-order valence-corrected chi connectivity index (χ2v) is 3.82. The molecule has 0 amide bonds. The van der Waals surface area contributed by atoms with Gasteiger partial charge in [-0.3, -0.25) is 4.90 Å². The zero-order valence-corrected chi connectivity index (χ0v) is 8.09. The van der Waals surface area contributed by atoms with Crippen LogP contribution >= 0.6 is 11.6 Å². The number of nitrogens with zero attached hydrogens (tertiary/aromatic N) is 1. The second-order valence-electron chi connectivity index (χ2n) is 3.42. The van der Waals surface area contributed by atoms with E-state index in [-0.39, 0.29) is 5.75 Å². The number of likely N-dealkylation sites (tertiary alicyclic amines) is 1. The molecular weight excluding hydrogens is 186 g/mol. The van der Waals surface area contributed by atoms with E-state index in [9.17, 15) is 5.11 Å². The van der Waals surface area contributed by atoms with E-state index in [1.807, 2.05) is 12.1 Å². The van der Waals surface area contributed by atoms with Crippen molar-refractivity contribution in [2.45, 2.75) is 13.0 Å². The van der Waals surface area contributed by atoms with Crippen molar-refractivity contribution in [3.8, 4) is 5.75 Å². The van der Waals surface area contributed by atoms with Gasteiger partial charge in [0.1, 0.15) is 5.75 Å². The Bertz CT molecular complexity index is 310. The number of aromatic hydroxyl groups is 1. The molecule has 1 fully saturated rings. The first kappa shape index (κ1) is 8.85. The van der Waals surface area contributed by atoms with Gasteiger partial charge < -0.3 is 5.11 Å². The maximum absolute atomic E-state index is 9.20. The second kappa shape index (κ2) is 3.56. The van der Waals surface area contributed by atoms with Crippen LogP contribution in [0.2, 0.25) is 5.02 Å². The zero-order valence-electron chi connectivity index (χ0n) is 7.33. The van der Waals surface area contributed by atoms with Crippen LogP contribution < -0.4 is 0 Å². The average molecular weight is 198 g/mol. The molecule has 0 bridgehead atoms. The molecule has 2 nitrogen and oxygen atoms in total. The summed E-state index contributed by atoms with van der Waals surface area (Å²) in [6.07, 6.45) is 1.30. The van der Waals surface area contributed by atoms with Crippen LogP contribution in [0.3, 0.4) is 0 Å². The minimum atomic E-state index is 0.161. The highest BCUT2D eigenvalue weighted by molar-refractivity contribution is 6.32. The quantitative estimate of drug-likeness (QED) is 0.786. The first-order valence-electron chi connectivity index (χ1n) is 4.45. The minimum absolute atomic E-state index is 0.161. The summed E-state index contributed by atoms with van der Waals surface area (Å²) in [6.45, 7) is 3.30. The van der Waals surface area contributed by atoms with Gasteiger partial charge in [0.2, 0.25) is 0 Å². The highest BCUT2D eigenvalue weighted by Gasteiger charge is 2.13. The van der Waals surface area contributed by atoms with E-state index in [1.54, 1.807) is 6.07 Å². The highest BCUT2D eigenvalue weighted by Crippen LogP contribution is 2.24. The predicted molar refractivity (Wildman–Crippen MR) is 53.0 cm³/mol. The fraction of sp³-hybridized carbons (Fsp3) is 0.400. The fourth-order valence-electron chi connectivity index (χ4n) is 1.45. The molecule has 0 spiro atoms. The van der Waals surface area contributed by atoms with E-state index in [1.165, 1.54) is 25.1 Å². The van der Waals surface area contributed by atoms with Gasteiger partial charge in [-0.15, -0.1) is 0 Å². The van der Waals surface area contributed by atoms with Gasteiger partial charge in [0.05, 0.1) is 5.02 Å². The number of phenolic OH excluding ortho intramolecular Hbond substituents is 1. The summed E-state index contributed by atoms with van der Waals surface area (Å²) in [5, 5.41) is 9.65. The molecule has 2 rings (SSSR count). The molecule has 1 N–H and O–H groups in total. The lowest BCUT2D eigenvalue weighted by atomic mass is 10.1. The average Bonchev–Trinajstić information content (AvgIpc) is 2.04. The van der Waals surface area contributed by atoms with Crippen molar-refractivity contribution in [2.24, 2.45) is 0 Å². The normalized spacial score (nSPS) is 17.0. The Kier molecular flexibility index (Phi) is 2.42. The monoisotopic (exact) mass is 197 g/mol. The molecule has 1 aromatic rings. The lowest BCUT2D eigenvalue weighted by Gasteiger charge is -2.30. The van der Waals surface area contributed by atoms with Crippen LogP contribution in [-0.2, 0) is 6.54 Å². The summed E-state index contributed by atoms with van der Waals surface area (Å²) < 4.78 is 0. The number of benzene rings is 1. The Morgan fingerprint density at radius 3 is 2.69 bits per heavy atom. The molecule has 0 saturated carbocycles. The smallest absolute Gasteiger partial charge is 0.134 e. The van der Waals surface area contributed by atoms with Crippen molar-refractivity contribution in [1.29, 1.82) is 0 Å². The highest BCUT2D eigenvalue weighted by atomic mass is 35.5. The van der Waals surface area contributed by atoms with Crippen molar-refractivity contribution in [3.63, 3.8) is 0 Å². The Labute approximate surface area is 82.7 Å². The van der Waals surface area contributed by atoms with Crippen molar-refractivity contribution >= 4 is 11.6 Å². The van der Waals surface area contributed by atoms with E-state index in [0.29, 0.717) is 5.02 Å². The molecule has 3 heteroatoms. The molecule has 1 aromatic carbocycles. The first-order chi connectivity index (χ1) is 6.25. The Morgan fingerprint density at radius 2 is 2.15 bits per heavy atom. The van der Waals surface area contributed by atoms with E-state index in [2.05, 4.69) is 4.90 Å². The largest absolute Gasteiger partial charge is 0.506 e. The molecule has 1 aliphatic heterocycles. The van der Waals surface area contributed by atoms with Gasteiger partial charge >= 0.3 is 0 Å². The molecule has 0 radical (unpaired) electrons. The predicted octanol–water partition coefficient (Wildman–Crippen LogP) is 2.25. The topological polar surface area (TPSA) is 23.5 Å². The summed E-state index contributed by atoms with van der Waals surface area (Å²) >= 11 is 5.79. The SMILES string of the molecule is Oc1ccc(CN2CCC2)cc1Cl. The van der Waals surface area contributed by atoms with Crippen LogP contribution in [0.15, 0.2) is 18.2 Å². The summed E-state index contributed by atoms with van der Waals surface area (Å²) in [4.78, 5) is 2.35. The van der Waals surface area contributed by atoms with Gasteiger partial charge in [-0.1, -0.05) is 17.7 Å². The number of hydrogen-bond acceptors (Lipinski definition) is 2. The molecule has 0 unspecified atom stereocenters. The Morgan fingerprint density at radius 1 is 1.38 bits per heavy atom. The third-order valence-corrected chi connectivity index (χ3v) is 2.67. The molecule has 0 aliphatic carbocycles. The van der Waals surface area contributed by atoms with Crippen LogP contribution in [-0.4, -0.2) is 23.1 Å². The Hall–Kier alpha value is -0.730. The fourth-order valence-corrected chi connectivity index (χ4v) is 1.65. The number of halogens is 1. The van der Waals surface area contributed by atoms with Crippen molar-refractivity contribution < 1.29 is 5.11 Å². The van der Waals surface area contributed by atoms with Gasteiger partial charge in [-0.05, 0) is 37.2 Å². The van der Waals surface area contributed by atoms with Gasteiger partial charge in [0.15, 0.2) is 0 Å². The summed E-state index contributed by atoms with van der Waals surface area (Å²) in [5.41, 5.74) is 1.17. The molecule has 0 atom stereocenters. The maximum atomic E-state index is 9.20. The lowest BCUT2D eigenvalue weighted by Crippen LogP contribution is -2.36. The van der Waals surface area contributed by atoms with Crippen molar-refractivity contribution in [3.05, 3.63) is 28.8 Å². The van der Waals surface area contributed by atoms with E-state index < -0.39 is 0 Å². The standard InChI is InChI=1S/C10H12ClNO/c11-9-6-8(2-3-10(9)13)7-12-4-1-5-12/h2-3,6,13H,1,4-5,7H2. The molecule has 13 heavy (non-hydrogen) atoms. The van der Waals surface area contributed by atoms with Gasteiger partial charge in [-0.2, -0.15) is 0 Å². The minimum Gasteiger partial charge on any atom is -0.506 e. The maximum Gasteiger partial charge on any atom is 0.134 e. The lowest BCUT2D eigenvalue weighted by molar-refractivity contribution is 0.172. The number of phenols is 1. The summed E-state index contributed by atoms with van der Waals surface area (Å²) in [6, 6.07) is 5.40. The third kappa shape index (κ3) is 1.95. The van der Waals surface area contributed by atoms with Crippen LogP contribution in [0.4, 0.5) is 0 Å². The van der Waals surface area contributed by atoms with Crippen molar-refractivity contribution in [2.75, 3.05) is 13.1 Å². The van der Waals surface area contributed by atoms with E-state index in [0.717, 1.165) is 6.54 Å². The first-order valence-corrected chi connectivity index (χ1v) is 4.83. The molecule has 70 valence electrons. The van der Waals surface area contributed by atoms with Crippen LogP contribution in [0, 0.1) is 0 Å². The Balaban J connectivity index is 2.07. The molecule has 1 saturated heterocycles. The number of rotatable bonds is 2. The van der Waals surface area contributed by atoms with E-state index in [4.69, 9.17) is 11.6 Å². The van der Waals surface area contributed by atoms with Gasteiger partial charge in [-0.25, -0.2) is 0 Å². The van der Waals surface area contributed by atoms with Crippen molar-refractivity contribution in [1.82, 2.24) is 4.90 Å². The molecular formula is C10H12ClNO. The van der Waals surface area contributed by atoms with Crippen LogP contribution in [0.5, 0.6) is 5.75 Å². The van der Waals surface area contributed by atoms with Gasteiger partial charge in [0.25, 0.3) is 0 Å². The van der Waals surface area contributed by atoms with Crippen LogP contribution in [0.1, 0.15) is 12.0 Å². The summed E-state index contributed by atoms with van der Waals surface area (Å²) in [5.74, 6) is 0.161. The van der Waals surface area contributed by atoms with E-state index >= 15 is 0 Å².